The monoisotopic (exact) mass is 471 g/mol. The second kappa shape index (κ2) is 10.8. The van der Waals surface area contributed by atoms with Gasteiger partial charge < -0.3 is 9.47 Å². The van der Waals surface area contributed by atoms with Crippen LogP contribution in [-0.4, -0.2) is 34.4 Å². The number of amides is 1. The lowest BCUT2D eigenvalue weighted by Crippen LogP contribution is -2.18. The molecule has 0 aliphatic heterocycles. The van der Waals surface area contributed by atoms with Gasteiger partial charge in [0, 0.05) is 23.3 Å². The molecule has 4 rings (SSSR count). The zero-order chi connectivity index (χ0) is 24.6. The molecule has 10 nitrogen and oxygen atoms in total. The summed E-state index contributed by atoms with van der Waals surface area (Å²) in [5.41, 5.74) is 5.27. The molecule has 0 fully saturated rings. The van der Waals surface area contributed by atoms with Gasteiger partial charge in [0.2, 0.25) is 0 Å². The maximum Gasteiger partial charge on any atom is 0.289 e. The fourth-order valence-corrected chi connectivity index (χ4v) is 3.21. The Kier molecular flexibility index (Phi) is 7.12. The van der Waals surface area contributed by atoms with Crippen molar-refractivity contribution in [2.75, 3.05) is 7.11 Å². The molecular formula is C25H21N5O5. The summed E-state index contributed by atoms with van der Waals surface area (Å²) in [6.45, 7) is 0.403. The van der Waals surface area contributed by atoms with E-state index in [2.05, 4.69) is 20.7 Å². The number of nitro benzene ring substituents is 1. The van der Waals surface area contributed by atoms with Crippen LogP contribution in [0.4, 0.5) is 5.69 Å². The Labute approximate surface area is 200 Å². The van der Waals surface area contributed by atoms with E-state index in [9.17, 15) is 14.9 Å². The zero-order valence-corrected chi connectivity index (χ0v) is 18.7. The fraction of sp³-hybridized carbons (Fsp3) is 0.0800. The van der Waals surface area contributed by atoms with Gasteiger partial charge in [0.25, 0.3) is 11.6 Å². The molecule has 2 N–H and O–H groups in total. The van der Waals surface area contributed by atoms with E-state index in [4.69, 9.17) is 9.47 Å². The van der Waals surface area contributed by atoms with Gasteiger partial charge in [0.05, 0.1) is 23.9 Å². The van der Waals surface area contributed by atoms with Crippen molar-refractivity contribution in [3.8, 4) is 22.8 Å². The molecule has 0 spiro atoms. The third kappa shape index (κ3) is 5.88. The van der Waals surface area contributed by atoms with E-state index in [1.54, 1.807) is 31.4 Å². The quantitative estimate of drug-likeness (QED) is 0.212. The van der Waals surface area contributed by atoms with Crippen molar-refractivity contribution in [3.63, 3.8) is 0 Å². The van der Waals surface area contributed by atoms with Crippen molar-refractivity contribution in [1.82, 2.24) is 15.6 Å². The summed E-state index contributed by atoms with van der Waals surface area (Å²) in [4.78, 5) is 22.8. The molecule has 3 aromatic carbocycles. The van der Waals surface area contributed by atoms with Gasteiger partial charge in [0.1, 0.15) is 12.3 Å². The van der Waals surface area contributed by atoms with E-state index in [0.29, 0.717) is 29.4 Å². The smallest absolute Gasteiger partial charge is 0.289 e. The lowest BCUT2D eigenvalue weighted by atomic mass is 10.1. The molecule has 0 radical (unpaired) electrons. The largest absolute Gasteiger partial charge is 0.493 e. The Balaban J connectivity index is 1.41. The maximum atomic E-state index is 12.4. The number of aromatic nitrogens is 2. The van der Waals surface area contributed by atoms with Crippen LogP contribution < -0.4 is 14.9 Å². The van der Waals surface area contributed by atoms with Crippen LogP contribution in [0.1, 0.15) is 21.6 Å². The standard InChI is InChI=1S/C25H21N5O5/c1-34-24-13-19(10-11-23(24)35-16-17-6-3-2-4-7-17)21-14-22(28-27-21)25(31)29-26-15-18-8-5-9-20(12-18)30(32)33/h2-15H,16H2,1H3,(H,27,28)(H,29,31). The number of benzene rings is 3. The molecule has 176 valence electrons. The summed E-state index contributed by atoms with van der Waals surface area (Å²) in [5, 5.41) is 21.6. The van der Waals surface area contributed by atoms with Crippen molar-refractivity contribution in [2.24, 2.45) is 5.10 Å². The van der Waals surface area contributed by atoms with E-state index in [0.717, 1.165) is 11.1 Å². The topological polar surface area (TPSA) is 132 Å². The fourth-order valence-electron chi connectivity index (χ4n) is 3.21. The van der Waals surface area contributed by atoms with E-state index >= 15 is 0 Å². The normalized spacial score (nSPS) is 10.8. The van der Waals surface area contributed by atoms with Crippen LogP contribution in [0.5, 0.6) is 11.5 Å². The highest BCUT2D eigenvalue weighted by atomic mass is 16.6. The summed E-state index contributed by atoms with van der Waals surface area (Å²) in [6.07, 6.45) is 1.32. The molecule has 0 atom stereocenters. The molecule has 10 heteroatoms. The first-order chi connectivity index (χ1) is 17.0. The number of non-ortho nitro benzene ring substituents is 1. The summed E-state index contributed by atoms with van der Waals surface area (Å²) >= 11 is 0. The van der Waals surface area contributed by atoms with Gasteiger partial charge in [-0.3, -0.25) is 20.0 Å². The van der Waals surface area contributed by atoms with Gasteiger partial charge in [-0.1, -0.05) is 42.5 Å². The first-order valence-corrected chi connectivity index (χ1v) is 10.5. The number of hydrogen-bond donors (Lipinski definition) is 2. The summed E-state index contributed by atoms with van der Waals surface area (Å²) in [5.74, 6) is 0.610. The average molecular weight is 471 g/mol. The number of ether oxygens (including phenoxy) is 2. The second-order valence-electron chi connectivity index (χ2n) is 7.36. The number of aromatic amines is 1. The van der Waals surface area contributed by atoms with Crippen molar-refractivity contribution in [1.29, 1.82) is 0 Å². The summed E-state index contributed by atoms with van der Waals surface area (Å²) in [6, 6.07) is 22.7. The minimum Gasteiger partial charge on any atom is -0.493 e. The van der Waals surface area contributed by atoms with Crippen LogP contribution >= 0.6 is 0 Å². The lowest BCUT2D eigenvalue weighted by molar-refractivity contribution is -0.384. The van der Waals surface area contributed by atoms with Gasteiger partial charge in [-0.15, -0.1) is 0 Å². The number of nitrogens with one attached hydrogen (secondary N) is 2. The number of nitrogens with zero attached hydrogens (tertiary/aromatic N) is 3. The highest BCUT2D eigenvalue weighted by Gasteiger charge is 2.13. The number of H-pyrrole nitrogens is 1. The summed E-state index contributed by atoms with van der Waals surface area (Å²) < 4.78 is 11.3. The molecule has 0 unspecified atom stereocenters. The molecule has 0 saturated carbocycles. The average Bonchev–Trinajstić information content (AvgIpc) is 3.39. The molecule has 4 aromatic rings. The molecule has 0 aliphatic rings. The third-order valence-electron chi connectivity index (χ3n) is 4.98. The second-order valence-corrected chi connectivity index (χ2v) is 7.36. The third-order valence-corrected chi connectivity index (χ3v) is 4.98. The molecule has 0 bridgehead atoms. The summed E-state index contributed by atoms with van der Waals surface area (Å²) in [7, 11) is 1.55. The van der Waals surface area contributed by atoms with Crippen LogP contribution in [0.25, 0.3) is 11.3 Å². The van der Waals surface area contributed by atoms with Crippen LogP contribution in [-0.2, 0) is 6.61 Å². The van der Waals surface area contributed by atoms with E-state index in [1.165, 1.54) is 24.4 Å². The van der Waals surface area contributed by atoms with Gasteiger partial charge in [-0.05, 0) is 29.8 Å². The van der Waals surface area contributed by atoms with Gasteiger partial charge in [-0.2, -0.15) is 10.2 Å². The van der Waals surface area contributed by atoms with E-state index in [1.807, 2.05) is 36.4 Å². The van der Waals surface area contributed by atoms with Crippen LogP contribution in [0.2, 0.25) is 0 Å². The maximum absolute atomic E-state index is 12.4. The number of hydrogen-bond acceptors (Lipinski definition) is 7. The van der Waals surface area contributed by atoms with E-state index in [-0.39, 0.29) is 11.4 Å². The minimum absolute atomic E-state index is 0.0644. The van der Waals surface area contributed by atoms with Crippen LogP contribution in [0.15, 0.2) is 84.0 Å². The van der Waals surface area contributed by atoms with Gasteiger partial charge >= 0.3 is 0 Å². The van der Waals surface area contributed by atoms with E-state index < -0.39 is 10.8 Å². The molecular weight excluding hydrogens is 450 g/mol. The molecule has 1 amide bonds. The Hall–Kier alpha value is -4.99. The molecule has 1 heterocycles. The van der Waals surface area contributed by atoms with Crippen LogP contribution in [0.3, 0.4) is 0 Å². The zero-order valence-electron chi connectivity index (χ0n) is 18.7. The first-order valence-electron chi connectivity index (χ1n) is 10.5. The number of hydrazone groups is 1. The Morgan fingerprint density at radius 3 is 2.69 bits per heavy atom. The Bertz CT molecular complexity index is 1370. The Morgan fingerprint density at radius 2 is 1.91 bits per heavy atom. The highest BCUT2D eigenvalue weighted by Crippen LogP contribution is 2.32. The molecule has 0 aliphatic carbocycles. The van der Waals surface area contributed by atoms with Crippen molar-refractivity contribution < 1.29 is 19.2 Å². The Morgan fingerprint density at radius 1 is 1.09 bits per heavy atom. The van der Waals surface area contributed by atoms with Gasteiger partial charge in [-0.25, -0.2) is 5.43 Å². The number of methoxy groups -OCH3 is 1. The van der Waals surface area contributed by atoms with Crippen molar-refractivity contribution >= 4 is 17.8 Å². The van der Waals surface area contributed by atoms with Crippen LogP contribution in [0, 0.1) is 10.1 Å². The molecule has 0 saturated heterocycles. The molecule has 35 heavy (non-hydrogen) atoms. The van der Waals surface area contributed by atoms with Crippen molar-refractivity contribution in [2.45, 2.75) is 6.61 Å². The SMILES string of the molecule is COc1cc(-c2cc(C(=O)NN=Cc3cccc([N+](=O)[O-])c3)[nH]n2)ccc1OCc1ccccc1. The predicted molar refractivity (Wildman–Crippen MR) is 130 cm³/mol. The first kappa shape index (κ1) is 23.2. The molecule has 1 aromatic heterocycles. The number of rotatable bonds is 9. The predicted octanol–water partition coefficient (Wildman–Crippen LogP) is 4.34. The lowest BCUT2D eigenvalue weighted by Gasteiger charge is -2.11. The van der Waals surface area contributed by atoms with Gasteiger partial charge in [0.15, 0.2) is 11.5 Å². The number of nitro groups is 1. The highest BCUT2D eigenvalue weighted by molar-refractivity contribution is 5.94. The van der Waals surface area contributed by atoms with Crippen molar-refractivity contribution in [3.05, 3.63) is 106 Å². The number of carbonyl (C=O) groups is 1. The minimum atomic E-state index is -0.514. The number of carbonyl (C=O) groups excluding carboxylic acids is 1.